The van der Waals surface area contributed by atoms with Crippen LogP contribution in [0.2, 0.25) is 0 Å². The summed E-state index contributed by atoms with van der Waals surface area (Å²) in [5.41, 5.74) is 0.866. The van der Waals surface area contributed by atoms with E-state index in [4.69, 9.17) is 4.74 Å². The van der Waals surface area contributed by atoms with E-state index in [1.807, 2.05) is 38.1 Å². The molecule has 0 fully saturated rings. The van der Waals surface area contributed by atoms with Crippen LogP contribution in [0.25, 0.3) is 0 Å². The van der Waals surface area contributed by atoms with Crippen molar-refractivity contribution in [3.05, 3.63) is 24.3 Å². The highest BCUT2D eigenvalue weighted by Gasteiger charge is 2.26. The summed E-state index contributed by atoms with van der Waals surface area (Å²) in [5.74, 6) is 0.759. The van der Waals surface area contributed by atoms with E-state index in [0.717, 1.165) is 11.4 Å². The Balaban J connectivity index is 2.39. The fourth-order valence-corrected chi connectivity index (χ4v) is 1.81. The average Bonchev–Trinajstić information content (AvgIpc) is 2.28. The monoisotopic (exact) mass is 275 g/mol. The molecular weight excluding hydrogens is 255 g/mol. The first-order valence-corrected chi connectivity index (χ1v) is 6.47. The van der Waals surface area contributed by atoms with Gasteiger partial charge in [0.2, 0.25) is 0 Å². The summed E-state index contributed by atoms with van der Waals surface area (Å²) in [6.07, 6.45) is -4.16. The first kappa shape index (κ1) is 15.7. The van der Waals surface area contributed by atoms with Crippen molar-refractivity contribution in [2.24, 2.45) is 0 Å². The largest absolute Gasteiger partial charge is 0.494 e. The first-order chi connectivity index (χ1) is 8.90. The zero-order valence-electron chi connectivity index (χ0n) is 11.3. The van der Waals surface area contributed by atoms with Crippen LogP contribution in [0.4, 0.5) is 18.9 Å². The summed E-state index contributed by atoms with van der Waals surface area (Å²) in [4.78, 5) is 0. The van der Waals surface area contributed by atoms with E-state index in [0.29, 0.717) is 13.0 Å². The molecule has 2 nitrogen and oxygen atoms in total. The highest BCUT2D eigenvalue weighted by atomic mass is 19.4. The topological polar surface area (TPSA) is 21.3 Å². The minimum atomic E-state index is -4.06. The fourth-order valence-electron chi connectivity index (χ4n) is 1.81. The van der Waals surface area contributed by atoms with Gasteiger partial charge in [0.05, 0.1) is 6.61 Å². The maximum atomic E-state index is 12.0. The number of nitrogens with one attached hydrogen (secondary N) is 1. The molecule has 0 amide bonds. The van der Waals surface area contributed by atoms with Crippen LogP contribution >= 0.6 is 0 Å². The van der Waals surface area contributed by atoms with Crippen LogP contribution < -0.4 is 10.1 Å². The Morgan fingerprint density at radius 2 is 2.05 bits per heavy atom. The zero-order chi connectivity index (χ0) is 14.3. The molecule has 0 saturated carbocycles. The highest BCUT2D eigenvalue weighted by molar-refractivity contribution is 5.48. The van der Waals surface area contributed by atoms with Gasteiger partial charge in [0.15, 0.2) is 0 Å². The predicted octanol–water partition coefficient (Wildman–Crippen LogP) is 4.62. The molecule has 5 heteroatoms. The molecule has 1 aromatic carbocycles. The van der Waals surface area contributed by atoms with Crippen LogP contribution in [0.15, 0.2) is 24.3 Å². The normalized spacial score (nSPS) is 13.1. The lowest BCUT2D eigenvalue weighted by Gasteiger charge is -2.16. The van der Waals surface area contributed by atoms with Gasteiger partial charge in [-0.2, -0.15) is 13.2 Å². The maximum absolute atomic E-state index is 12.0. The Bertz CT molecular complexity index is 379. The van der Waals surface area contributed by atoms with Crippen molar-refractivity contribution in [1.29, 1.82) is 0 Å². The first-order valence-electron chi connectivity index (χ1n) is 6.47. The molecule has 1 rings (SSSR count). The van der Waals surface area contributed by atoms with Gasteiger partial charge in [0.25, 0.3) is 0 Å². The molecule has 0 spiro atoms. The average molecular weight is 275 g/mol. The third kappa shape index (κ3) is 6.94. The van der Waals surface area contributed by atoms with Gasteiger partial charge >= 0.3 is 6.18 Å². The minimum absolute atomic E-state index is 0.000716. The number of anilines is 1. The molecule has 0 heterocycles. The van der Waals surface area contributed by atoms with Crippen molar-refractivity contribution in [3.63, 3.8) is 0 Å². The smallest absolute Gasteiger partial charge is 0.389 e. The van der Waals surface area contributed by atoms with Crippen molar-refractivity contribution < 1.29 is 17.9 Å². The zero-order valence-corrected chi connectivity index (χ0v) is 11.3. The Hall–Kier alpha value is -1.39. The summed E-state index contributed by atoms with van der Waals surface area (Å²) in [6, 6.07) is 7.44. The lowest BCUT2D eigenvalue weighted by Crippen LogP contribution is -2.16. The van der Waals surface area contributed by atoms with Crippen LogP contribution in [0.3, 0.4) is 0 Å². The molecular formula is C14H20F3NO. The van der Waals surface area contributed by atoms with Crippen molar-refractivity contribution in [3.8, 4) is 5.75 Å². The Morgan fingerprint density at radius 3 is 2.68 bits per heavy atom. The second-order valence-electron chi connectivity index (χ2n) is 4.51. The molecule has 1 atom stereocenters. The number of hydrogen-bond acceptors (Lipinski definition) is 2. The van der Waals surface area contributed by atoms with Crippen LogP contribution in [0, 0.1) is 0 Å². The van der Waals surface area contributed by atoms with E-state index < -0.39 is 12.6 Å². The molecule has 0 aromatic heterocycles. The number of benzene rings is 1. The molecule has 0 saturated heterocycles. The van der Waals surface area contributed by atoms with Crippen molar-refractivity contribution in [2.75, 3.05) is 11.9 Å². The molecule has 1 unspecified atom stereocenters. The van der Waals surface area contributed by atoms with Gasteiger partial charge in [-0.15, -0.1) is 0 Å². The van der Waals surface area contributed by atoms with E-state index in [2.05, 4.69) is 5.32 Å². The minimum Gasteiger partial charge on any atom is -0.494 e. The Kier molecular flexibility index (Phi) is 5.99. The molecule has 0 bridgehead atoms. The SMILES string of the molecule is CCOc1cccc(NC(C)CCCC(F)(F)F)c1. The van der Waals surface area contributed by atoms with Gasteiger partial charge in [-0.1, -0.05) is 6.07 Å². The van der Waals surface area contributed by atoms with Gasteiger partial charge in [-0.05, 0) is 38.8 Å². The molecule has 0 aliphatic carbocycles. The summed E-state index contributed by atoms with van der Waals surface area (Å²) in [5, 5.41) is 3.18. The molecule has 1 N–H and O–H groups in total. The van der Waals surface area contributed by atoms with Crippen LogP contribution in [-0.4, -0.2) is 18.8 Å². The fraction of sp³-hybridized carbons (Fsp3) is 0.571. The lowest BCUT2D eigenvalue weighted by atomic mass is 10.1. The van der Waals surface area contributed by atoms with Gasteiger partial charge in [-0.25, -0.2) is 0 Å². The van der Waals surface area contributed by atoms with Crippen LogP contribution in [-0.2, 0) is 0 Å². The molecule has 0 aliphatic rings. The molecule has 1 aromatic rings. The van der Waals surface area contributed by atoms with E-state index in [1.165, 1.54) is 0 Å². The molecule has 0 aliphatic heterocycles. The van der Waals surface area contributed by atoms with E-state index in [9.17, 15) is 13.2 Å². The molecule has 0 radical (unpaired) electrons. The van der Waals surface area contributed by atoms with Crippen molar-refractivity contribution >= 4 is 5.69 Å². The summed E-state index contributed by atoms with van der Waals surface area (Å²) in [6.45, 7) is 4.37. The summed E-state index contributed by atoms with van der Waals surface area (Å²) in [7, 11) is 0. The number of alkyl halides is 3. The van der Waals surface area contributed by atoms with Crippen LogP contribution in [0.5, 0.6) is 5.75 Å². The van der Waals surface area contributed by atoms with Gasteiger partial charge < -0.3 is 10.1 Å². The van der Waals surface area contributed by atoms with Gasteiger partial charge in [0.1, 0.15) is 5.75 Å². The Morgan fingerprint density at radius 1 is 1.32 bits per heavy atom. The molecule has 19 heavy (non-hydrogen) atoms. The predicted molar refractivity (Wildman–Crippen MR) is 70.6 cm³/mol. The lowest BCUT2D eigenvalue weighted by molar-refractivity contribution is -0.135. The van der Waals surface area contributed by atoms with Gasteiger partial charge in [0, 0.05) is 24.2 Å². The number of halogens is 3. The second kappa shape index (κ2) is 7.26. The van der Waals surface area contributed by atoms with Crippen molar-refractivity contribution in [1.82, 2.24) is 0 Å². The highest BCUT2D eigenvalue weighted by Crippen LogP contribution is 2.24. The number of ether oxygens (including phenoxy) is 1. The van der Waals surface area contributed by atoms with Gasteiger partial charge in [-0.3, -0.25) is 0 Å². The Labute approximate surface area is 112 Å². The van der Waals surface area contributed by atoms with Crippen molar-refractivity contribution in [2.45, 2.75) is 45.3 Å². The third-order valence-corrected chi connectivity index (χ3v) is 2.66. The number of hydrogen-bond donors (Lipinski definition) is 1. The van der Waals surface area contributed by atoms with E-state index >= 15 is 0 Å². The molecule has 108 valence electrons. The standard InChI is InChI=1S/C14H20F3NO/c1-3-19-13-8-4-7-12(10-13)18-11(2)6-5-9-14(15,16)17/h4,7-8,10-11,18H,3,5-6,9H2,1-2H3. The third-order valence-electron chi connectivity index (χ3n) is 2.66. The van der Waals surface area contributed by atoms with Crippen LogP contribution in [0.1, 0.15) is 33.1 Å². The summed E-state index contributed by atoms with van der Waals surface area (Å²) < 4.78 is 41.5. The summed E-state index contributed by atoms with van der Waals surface area (Å²) >= 11 is 0. The second-order valence-corrected chi connectivity index (χ2v) is 4.51. The van der Waals surface area contributed by atoms with E-state index in [1.54, 1.807) is 0 Å². The number of rotatable bonds is 7. The van der Waals surface area contributed by atoms with E-state index in [-0.39, 0.29) is 12.5 Å². The quantitative estimate of drug-likeness (QED) is 0.784. The maximum Gasteiger partial charge on any atom is 0.389 e.